The maximum absolute atomic E-state index is 11.6. The van der Waals surface area contributed by atoms with Gasteiger partial charge < -0.3 is 4.74 Å². The van der Waals surface area contributed by atoms with E-state index in [-0.39, 0.29) is 5.97 Å². The van der Waals surface area contributed by atoms with E-state index in [2.05, 4.69) is 21.0 Å². The third-order valence-electron chi connectivity index (χ3n) is 2.29. The lowest BCUT2D eigenvalue weighted by molar-refractivity contribution is 0.0528. The number of ether oxygens (including phenoxy) is 1. The molecule has 84 valence electrons. The number of aromatic nitrogens is 2. The van der Waals surface area contributed by atoms with Gasteiger partial charge in [0.2, 0.25) is 0 Å². The van der Waals surface area contributed by atoms with Gasteiger partial charge in [0.05, 0.1) is 18.3 Å². The average molecular weight is 283 g/mol. The van der Waals surface area contributed by atoms with Crippen LogP contribution in [-0.4, -0.2) is 22.2 Å². The SMILES string of the molecule is CCOC(=O)c1cnn2cc(Br)c(C)cc12. The van der Waals surface area contributed by atoms with Crippen LogP contribution in [0.4, 0.5) is 0 Å². The normalized spacial score (nSPS) is 10.7. The predicted molar refractivity (Wildman–Crippen MR) is 63.6 cm³/mol. The predicted octanol–water partition coefficient (Wildman–Crippen LogP) is 2.58. The molecule has 2 aromatic rings. The number of aryl methyl sites for hydroxylation is 1. The highest BCUT2D eigenvalue weighted by Crippen LogP contribution is 2.20. The summed E-state index contributed by atoms with van der Waals surface area (Å²) < 4.78 is 7.57. The van der Waals surface area contributed by atoms with Crippen molar-refractivity contribution in [3.8, 4) is 0 Å². The second kappa shape index (κ2) is 4.25. The molecule has 0 aliphatic heterocycles. The molecule has 0 aromatic carbocycles. The highest BCUT2D eigenvalue weighted by atomic mass is 79.9. The second-order valence-electron chi connectivity index (χ2n) is 3.41. The average Bonchev–Trinajstić information content (AvgIpc) is 2.62. The van der Waals surface area contributed by atoms with Crippen LogP contribution in [0.5, 0.6) is 0 Å². The molecule has 0 atom stereocenters. The van der Waals surface area contributed by atoms with Gasteiger partial charge in [-0.25, -0.2) is 9.31 Å². The van der Waals surface area contributed by atoms with E-state index in [9.17, 15) is 4.79 Å². The fourth-order valence-corrected chi connectivity index (χ4v) is 1.78. The molecule has 5 heteroatoms. The fraction of sp³-hybridized carbons (Fsp3) is 0.273. The van der Waals surface area contributed by atoms with Crippen molar-refractivity contribution >= 4 is 27.4 Å². The molecule has 0 radical (unpaired) electrons. The lowest BCUT2D eigenvalue weighted by Gasteiger charge is -2.02. The lowest BCUT2D eigenvalue weighted by atomic mass is 10.2. The summed E-state index contributed by atoms with van der Waals surface area (Å²) in [7, 11) is 0. The Balaban J connectivity index is 2.56. The minimum absolute atomic E-state index is 0.334. The van der Waals surface area contributed by atoms with Crippen molar-refractivity contribution in [3.63, 3.8) is 0 Å². The van der Waals surface area contributed by atoms with Gasteiger partial charge in [0, 0.05) is 10.7 Å². The maximum atomic E-state index is 11.6. The van der Waals surface area contributed by atoms with Gasteiger partial charge in [0.15, 0.2) is 0 Å². The Labute approximate surface area is 101 Å². The van der Waals surface area contributed by atoms with E-state index >= 15 is 0 Å². The third kappa shape index (κ3) is 1.82. The summed E-state index contributed by atoms with van der Waals surface area (Å²) in [6, 6.07) is 1.91. The number of halogens is 1. The van der Waals surface area contributed by atoms with E-state index in [4.69, 9.17) is 4.74 Å². The van der Waals surface area contributed by atoms with Gasteiger partial charge in [-0.15, -0.1) is 0 Å². The molecule has 2 heterocycles. The zero-order valence-corrected chi connectivity index (χ0v) is 10.6. The smallest absolute Gasteiger partial charge is 0.341 e. The van der Waals surface area contributed by atoms with Gasteiger partial charge in [0.1, 0.15) is 5.56 Å². The number of nitrogens with zero attached hydrogens (tertiary/aromatic N) is 2. The monoisotopic (exact) mass is 282 g/mol. The van der Waals surface area contributed by atoms with Gasteiger partial charge in [-0.05, 0) is 41.4 Å². The van der Waals surface area contributed by atoms with Crippen LogP contribution < -0.4 is 0 Å². The zero-order valence-electron chi connectivity index (χ0n) is 9.03. The molecule has 0 unspecified atom stereocenters. The first-order valence-electron chi connectivity index (χ1n) is 4.94. The second-order valence-corrected chi connectivity index (χ2v) is 4.27. The van der Waals surface area contributed by atoms with Crippen LogP contribution in [0.25, 0.3) is 5.52 Å². The van der Waals surface area contributed by atoms with Gasteiger partial charge >= 0.3 is 5.97 Å². The lowest BCUT2D eigenvalue weighted by Crippen LogP contribution is -2.04. The number of hydrogen-bond donors (Lipinski definition) is 0. The number of esters is 1. The molecule has 0 saturated heterocycles. The summed E-state index contributed by atoms with van der Waals surface area (Å²) in [6.07, 6.45) is 3.35. The third-order valence-corrected chi connectivity index (χ3v) is 3.13. The van der Waals surface area contributed by atoms with Crippen LogP contribution in [-0.2, 0) is 4.74 Å². The molecule has 0 fully saturated rings. The van der Waals surface area contributed by atoms with Crippen molar-refractivity contribution in [2.75, 3.05) is 6.61 Å². The number of rotatable bonds is 2. The molecule has 4 nitrogen and oxygen atoms in total. The van der Waals surface area contributed by atoms with Crippen LogP contribution in [0.2, 0.25) is 0 Å². The number of pyridine rings is 1. The Hall–Kier alpha value is -1.36. The van der Waals surface area contributed by atoms with Gasteiger partial charge in [-0.1, -0.05) is 0 Å². The summed E-state index contributed by atoms with van der Waals surface area (Å²) >= 11 is 3.42. The Morgan fingerprint density at radius 1 is 1.62 bits per heavy atom. The van der Waals surface area contributed by atoms with Crippen molar-refractivity contribution in [3.05, 3.63) is 34.1 Å². The molecule has 2 rings (SSSR count). The van der Waals surface area contributed by atoms with E-state index in [1.165, 1.54) is 6.20 Å². The number of carbonyl (C=O) groups excluding carboxylic acids is 1. The quantitative estimate of drug-likeness (QED) is 0.796. The molecule has 0 saturated carbocycles. The minimum Gasteiger partial charge on any atom is -0.462 e. The minimum atomic E-state index is -0.334. The fourth-order valence-electron chi connectivity index (χ4n) is 1.47. The van der Waals surface area contributed by atoms with Crippen LogP contribution in [0.1, 0.15) is 22.8 Å². The van der Waals surface area contributed by atoms with E-state index in [0.29, 0.717) is 12.2 Å². The Bertz CT molecular complexity index is 548. The van der Waals surface area contributed by atoms with Crippen molar-refractivity contribution in [1.29, 1.82) is 0 Å². The first-order valence-corrected chi connectivity index (χ1v) is 5.73. The largest absolute Gasteiger partial charge is 0.462 e. The maximum Gasteiger partial charge on any atom is 0.341 e. The first kappa shape index (κ1) is 11.1. The van der Waals surface area contributed by atoms with Crippen molar-refractivity contribution in [2.45, 2.75) is 13.8 Å². The molecular formula is C11H11BrN2O2. The summed E-state index contributed by atoms with van der Waals surface area (Å²) in [5.41, 5.74) is 2.31. The van der Waals surface area contributed by atoms with Gasteiger partial charge in [0.25, 0.3) is 0 Å². The van der Waals surface area contributed by atoms with Crippen LogP contribution in [0.15, 0.2) is 22.9 Å². The van der Waals surface area contributed by atoms with Crippen molar-refractivity contribution in [1.82, 2.24) is 9.61 Å². The summed E-state index contributed by atoms with van der Waals surface area (Å²) in [4.78, 5) is 11.6. The van der Waals surface area contributed by atoms with E-state index in [0.717, 1.165) is 15.6 Å². The molecule has 0 spiro atoms. The molecule has 0 amide bonds. The first-order chi connectivity index (χ1) is 7.63. The van der Waals surface area contributed by atoms with E-state index < -0.39 is 0 Å². The number of carbonyl (C=O) groups is 1. The zero-order chi connectivity index (χ0) is 11.7. The van der Waals surface area contributed by atoms with Crippen LogP contribution in [0, 0.1) is 6.92 Å². The summed E-state index contributed by atoms with van der Waals surface area (Å²) in [6.45, 7) is 4.11. The van der Waals surface area contributed by atoms with E-state index in [1.807, 2.05) is 19.2 Å². The Morgan fingerprint density at radius 2 is 2.38 bits per heavy atom. The Morgan fingerprint density at radius 3 is 3.06 bits per heavy atom. The summed E-state index contributed by atoms with van der Waals surface area (Å²) in [5.74, 6) is -0.334. The van der Waals surface area contributed by atoms with Crippen LogP contribution >= 0.6 is 15.9 Å². The molecule has 2 aromatic heterocycles. The number of fused-ring (bicyclic) bond motifs is 1. The molecule has 0 N–H and O–H groups in total. The Kier molecular flexibility index (Phi) is 2.96. The molecule has 0 bridgehead atoms. The van der Waals surface area contributed by atoms with Crippen molar-refractivity contribution < 1.29 is 9.53 Å². The highest BCUT2D eigenvalue weighted by molar-refractivity contribution is 9.10. The topological polar surface area (TPSA) is 43.6 Å². The standard InChI is InChI=1S/C11H11BrN2O2/c1-3-16-11(15)8-5-13-14-6-9(12)7(2)4-10(8)14/h4-6H,3H2,1-2H3. The van der Waals surface area contributed by atoms with Gasteiger partial charge in [-0.2, -0.15) is 5.10 Å². The summed E-state index contributed by atoms with van der Waals surface area (Å²) in [5, 5.41) is 4.11. The highest BCUT2D eigenvalue weighted by Gasteiger charge is 2.14. The van der Waals surface area contributed by atoms with Gasteiger partial charge in [-0.3, -0.25) is 0 Å². The molecule has 0 aliphatic carbocycles. The molecule has 0 aliphatic rings. The van der Waals surface area contributed by atoms with Crippen molar-refractivity contribution in [2.24, 2.45) is 0 Å². The number of hydrogen-bond acceptors (Lipinski definition) is 3. The van der Waals surface area contributed by atoms with Crippen LogP contribution in [0.3, 0.4) is 0 Å². The molecular weight excluding hydrogens is 272 g/mol. The molecule has 16 heavy (non-hydrogen) atoms. The van der Waals surface area contributed by atoms with E-state index in [1.54, 1.807) is 11.4 Å².